The molecule has 1 aliphatic rings. The molecule has 0 bridgehead atoms. The maximum absolute atomic E-state index is 14.6. The monoisotopic (exact) mass is 641 g/mol. The van der Waals surface area contributed by atoms with Crippen molar-refractivity contribution in [2.75, 3.05) is 5.01 Å². The number of carbonyl (C=O) groups is 1. The number of nitrogens with zero attached hydrogens (tertiary/aromatic N) is 3. The Hall–Kier alpha value is -3.49. The van der Waals surface area contributed by atoms with Gasteiger partial charge in [0, 0.05) is 22.6 Å². The van der Waals surface area contributed by atoms with Crippen LogP contribution in [-0.4, -0.2) is 21.4 Å². The molecule has 6 nitrogen and oxygen atoms in total. The Morgan fingerprint density at radius 2 is 1.43 bits per heavy atom. The van der Waals surface area contributed by atoms with E-state index in [1.165, 1.54) is 0 Å². The van der Waals surface area contributed by atoms with E-state index in [0.717, 1.165) is 19.9 Å². The number of Topliss-reactive ketones (excluding diaryl/α,β-unsaturated/α-hetero) is 1. The van der Waals surface area contributed by atoms with Crippen molar-refractivity contribution in [3.63, 3.8) is 0 Å². The van der Waals surface area contributed by atoms with Crippen molar-refractivity contribution >= 4 is 11.5 Å². The van der Waals surface area contributed by atoms with E-state index in [1.54, 1.807) is 0 Å². The van der Waals surface area contributed by atoms with Crippen molar-refractivity contribution in [2.45, 2.75) is 37.9 Å². The summed E-state index contributed by atoms with van der Waals surface area (Å²) in [6.45, 7) is 1.79. The average Bonchev–Trinajstić information content (AvgIpc) is 3.01. The van der Waals surface area contributed by atoms with Gasteiger partial charge in [0.1, 0.15) is 11.8 Å². The first kappa shape index (κ1) is 32.7. The van der Waals surface area contributed by atoms with E-state index in [0.29, 0.717) is 0 Å². The summed E-state index contributed by atoms with van der Waals surface area (Å²) in [4.78, 5) is 15.2. The van der Waals surface area contributed by atoms with Gasteiger partial charge < -0.3 is 5.11 Å². The fourth-order valence-corrected chi connectivity index (χ4v) is 3.70. The van der Waals surface area contributed by atoms with Gasteiger partial charge in [0.2, 0.25) is 11.7 Å². The van der Waals surface area contributed by atoms with E-state index in [2.05, 4.69) is 4.98 Å². The zero-order chi connectivity index (χ0) is 30.0. The molecule has 0 unspecified atom stereocenters. The zero-order valence-electron chi connectivity index (χ0n) is 19.2. The van der Waals surface area contributed by atoms with Gasteiger partial charge in [-0.05, 0) is 26.0 Å². The van der Waals surface area contributed by atoms with Crippen LogP contribution >= 0.6 is 0 Å². The zero-order valence-corrected chi connectivity index (χ0v) is 20.1. The van der Waals surface area contributed by atoms with E-state index < -0.39 is 92.5 Å². The van der Waals surface area contributed by atoms with Gasteiger partial charge in [-0.15, -0.1) is 0 Å². The molecule has 1 aromatic carbocycles. The predicted octanol–water partition coefficient (Wildman–Crippen LogP) is 6.18. The van der Waals surface area contributed by atoms with Crippen LogP contribution in [0, 0.1) is 28.9 Å². The fourth-order valence-electron chi connectivity index (χ4n) is 3.70. The van der Waals surface area contributed by atoms with Gasteiger partial charge in [0.05, 0.1) is 27.8 Å². The Kier molecular flexibility index (Phi) is 8.31. The molecule has 0 atom stereocenters. The van der Waals surface area contributed by atoms with Crippen LogP contribution in [-0.2, 0) is 35.6 Å². The van der Waals surface area contributed by atoms with Crippen molar-refractivity contribution in [1.82, 2.24) is 10.4 Å². The Labute approximate surface area is 225 Å². The first-order valence-corrected chi connectivity index (χ1v) is 9.94. The minimum atomic E-state index is -5.69. The summed E-state index contributed by atoms with van der Waals surface area (Å²) >= 11 is 0. The normalized spacial score (nSPS) is 15.7. The van der Waals surface area contributed by atoms with Gasteiger partial charge in [0.25, 0.3) is 5.95 Å². The fraction of sp³-hybridized carbons (Fsp3) is 0.286. The Morgan fingerprint density at radius 3 is 1.82 bits per heavy atom. The Bertz CT molecular complexity index is 1420. The van der Waals surface area contributed by atoms with Crippen LogP contribution in [0.1, 0.15) is 46.6 Å². The molecule has 1 aliphatic heterocycles. The third kappa shape index (κ3) is 5.56. The quantitative estimate of drug-likeness (QED) is 0.180. The predicted molar refractivity (Wildman–Crippen MR) is 104 cm³/mol. The van der Waals surface area contributed by atoms with Crippen LogP contribution in [0.4, 0.5) is 58.4 Å². The van der Waals surface area contributed by atoms with Crippen molar-refractivity contribution in [3.8, 4) is 6.07 Å². The maximum Gasteiger partial charge on any atom is 0.436 e. The number of nitriles is 1. The van der Waals surface area contributed by atoms with E-state index in [-0.39, 0.29) is 34.2 Å². The third-order valence-corrected chi connectivity index (χ3v) is 5.31. The van der Waals surface area contributed by atoms with Gasteiger partial charge in [0.15, 0.2) is 17.3 Å². The van der Waals surface area contributed by atoms with E-state index in [1.807, 2.05) is 5.43 Å². The second-order valence-corrected chi connectivity index (χ2v) is 8.38. The van der Waals surface area contributed by atoms with Crippen molar-refractivity contribution in [1.29, 1.82) is 5.26 Å². The number of nitrogens with one attached hydrogen (secondary N) is 1. The summed E-state index contributed by atoms with van der Waals surface area (Å²) in [7, 11) is 0. The number of halogens is 12. The van der Waals surface area contributed by atoms with Gasteiger partial charge >= 0.3 is 18.5 Å². The molecule has 0 saturated heterocycles. The second-order valence-electron chi connectivity index (χ2n) is 8.38. The maximum atomic E-state index is 14.6. The molecule has 3 rings (SSSR count). The molecule has 1 radical (unpaired) electrons. The van der Waals surface area contributed by atoms with E-state index in [4.69, 9.17) is 5.26 Å². The largest absolute Gasteiger partial charge is 0.493 e. The number of hydrogen-bond donors (Lipinski definition) is 2. The number of aliphatic hydroxyl groups excluding tert-OH is 1. The molecule has 40 heavy (non-hydrogen) atoms. The summed E-state index contributed by atoms with van der Waals surface area (Å²) < 4.78 is 163. The minimum Gasteiger partial charge on any atom is -0.493 e. The number of aliphatic hydroxyl groups is 1. The molecular formula is C21H10CuF12N4O2. The molecule has 19 heteroatoms. The number of aromatic nitrogens is 1. The molecule has 2 N–H and O–H groups in total. The number of pyridine rings is 1. The Balaban J connectivity index is 0.00000560. The molecule has 2 heterocycles. The van der Waals surface area contributed by atoms with Gasteiger partial charge in [-0.1, -0.05) is 0 Å². The van der Waals surface area contributed by atoms with Crippen LogP contribution in [0.3, 0.4) is 0 Å². The van der Waals surface area contributed by atoms with Crippen molar-refractivity contribution in [2.24, 2.45) is 0 Å². The van der Waals surface area contributed by atoms with E-state index >= 15 is 0 Å². The van der Waals surface area contributed by atoms with Crippen molar-refractivity contribution in [3.05, 3.63) is 69.1 Å². The summed E-state index contributed by atoms with van der Waals surface area (Å²) in [5.41, 5.74) is -13.6. The van der Waals surface area contributed by atoms with Gasteiger partial charge in [-0.25, -0.2) is 19.8 Å². The minimum absolute atomic E-state index is 0. The first-order chi connectivity index (χ1) is 17.5. The summed E-state index contributed by atoms with van der Waals surface area (Å²) in [5.74, 6) is -11.0. The summed E-state index contributed by atoms with van der Waals surface area (Å²) in [6, 6.07) is 0.455. The number of alkyl halides is 9. The van der Waals surface area contributed by atoms with Crippen LogP contribution in [0.25, 0.3) is 0 Å². The van der Waals surface area contributed by atoms with Gasteiger partial charge in [-0.2, -0.15) is 53.6 Å². The first-order valence-electron chi connectivity index (χ1n) is 9.94. The standard InChI is InChI=1S/C21H10F12N4O2.Cu/c1-18(2)10(14(38)6-3-8(19(25,26)27)7(5-34)9(4-6)20(28,29)30)17(39)37(36-18)13-11(22)15(21(31,32)33)35-16(24)12(13)23;/h3-4,36,39H,1-2H3;. The number of ketones is 1. The molecular weight excluding hydrogens is 632 g/mol. The molecule has 0 aliphatic carbocycles. The van der Waals surface area contributed by atoms with Crippen LogP contribution in [0.5, 0.6) is 0 Å². The number of rotatable bonds is 3. The number of anilines is 1. The molecule has 221 valence electrons. The van der Waals surface area contributed by atoms with Crippen LogP contribution < -0.4 is 10.4 Å². The molecule has 0 amide bonds. The third-order valence-electron chi connectivity index (χ3n) is 5.31. The number of hydrogen-bond acceptors (Lipinski definition) is 6. The molecule has 2 aromatic rings. The summed E-state index contributed by atoms with van der Waals surface area (Å²) in [5, 5.41) is 19.2. The van der Waals surface area contributed by atoms with Crippen molar-refractivity contribution < 1.29 is 79.7 Å². The van der Waals surface area contributed by atoms with Crippen LogP contribution in [0.2, 0.25) is 0 Å². The number of benzene rings is 1. The molecule has 0 fully saturated rings. The summed E-state index contributed by atoms with van der Waals surface area (Å²) in [6.07, 6.45) is -16.9. The number of hydrazine groups is 1. The van der Waals surface area contributed by atoms with E-state index in [9.17, 15) is 62.6 Å². The average molecular weight is 642 g/mol. The van der Waals surface area contributed by atoms with Crippen LogP contribution in [0.15, 0.2) is 23.6 Å². The SMILES string of the molecule is CC1(C)NN(c2c(F)c(F)nc(C(F)(F)F)c2F)C(O)=C1C(=O)c1cc(C(F)(F)F)c(C#N)c(C(F)(F)F)c1.[Cu]. The van der Waals surface area contributed by atoms with Gasteiger partial charge in [-0.3, -0.25) is 4.79 Å². The molecule has 0 spiro atoms. The molecule has 1 aromatic heterocycles. The smallest absolute Gasteiger partial charge is 0.436 e. The Morgan fingerprint density at radius 1 is 0.950 bits per heavy atom. The topological polar surface area (TPSA) is 89.2 Å². The molecule has 0 saturated carbocycles. The number of carbonyl (C=O) groups excluding carboxylic acids is 1. The second kappa shape index (κ2) is 10.2.